The first kappa shape index (κ1) is 12.4. The van der Waals surface area contributed by atoms with Gasteiger partial charge in [0.2, 0.25) is 10.0 Å². The maximum absolute atomic E-state index is 12.6. The molecule has 0 amide bonds. The molecule has 0 spiro atoms. The van der Waals surface area contributed by atoms with Crippen LogP contribution in [0.3, 0.4) is 0 Å². The van der Waals surface area contributed by atoms with Gasteiger partial charge in [0.25, 0.3) is 0 Å². The molecule has 0 radical (unpaired) electrons. The molecule has 4 nitrogen and oxygen atoms in total. The monoisotopic (exact) mass is 286 g/mol. The average molecular weight is 287 g/mol. The van der Waals surface area contributed by atoms with Crippen LogP contribution in [0.5, 0.6) is 0 Å². The molecule has 98 valence electrons. The molecule has 2 saturated heterocycles. The van der Waals surface area contributed by atoms with Crippen LogP contribution in [0.4, 0.5) is 0 Å². The molecule has 1 aromatic carbocycles. The third-order valence-electron chi connectivity index (χ3n) is 3.70. The van der Waals surface area contributed by atoms with Crippen molar-refractivity contribution in [1.29, 1.82) is 0 Å². The lowest BCUT2D eigenvalue weighted by atomic mass is 10.2. The molecule has 0 aliphatic carbocycles. The van der Waals surface area contributed by atoms with Gasteiger partial charge in [-0.3, -0.25) is 0 Å². The second kappa shape index (κ2) is 4.49. The fourth-order valence-electron chi connectivity index (χ4n) is 2.86. The molecule has 0 saturated carbocycles. The lowest BCUT2D eigenvalue weighted by molar-refractivity contribution is 0.263. The SMILES string of the molecule is O=S(=O)(c1ccc(Cl)cc1)N1C2CCC1CNC2. The largest absolute Gasteiger partial charge is 0.314 e. The van der Waals surface area contributed by atoms with Gasteiger partial charge in [0.15, 0.2) is 0 Å². The van der Waals surface area contributed by atoms with E-state index in [-0.39, 0.29) is 12.1 Å². The van der Waals surface area contributed by atoms with Crippen molar-refractivity contribution in [2.45, 2.75) is 29.8 Å². The highest BCUT2D eigenvalue weighted by molar-refractivity contribution is 7.89. The van der Waals surface area contributed by atoms with E-state index in [1.807, 2.05) is 0 Å². The number of hydrogen-bond donors (Lipinski definition) is 1. The third-order valence-corrected chi connectivity index (χ3v) is 5.97. The zero-order chi connectivity index (χ0) is 12.8. The van der Waals surface area contributed by atoms with E-state index in [0.717, 1.165) is 25.9 Å². The Morgan fingerprint density at radius 1 is 1.11 bits per heavy atom. The number of halogens is 1. The van der Waals surface area contributed by atoms with E-state index in [2.05, 4.69) is 5.32 Å². The van der Waals surface area contributed by atoms with E-state index in [0.29, 0.717) is 9.92 Å². The summed E-state index contributed by atoms with van der Waals surface area (Å²) in [5.41, 5.74) is 0. The van der Waals surface area contributed by atoms with Crippen molar-refractivity contribution in [3.8, 4) is 0 Å². The van der Waals surface area contributed by atoms with Crippen molar-refractivity contribution < 1.29 is 8.42 Å². The third kappa shape index (κ3) is 1.95. The predicted molar refractivity (Wildman–Crippen MR) is 70.2 cm³/mol. The zero-order valence-electron chi connectivity index (χ0n) is 9.84. The Balaban J connectivity index is 1.97. The summed E-state index contributed by atoms with van der Waals surface area (Å²) in [4.78, 5) is 0.339. The Morgan fingerprint density at radius 2 is 1.67 bits per heavy atom. The number of piperazine rings is 1. The van der Waals surface area contributed by atoms with Gasteiger partial charge < -0.3 is 5.32 Å². The van der Waals surface area contributed by atoms with Gasteiger partial charge >= 0.3 is 0 Å². The lowest BCUT2D eigenvalue weighted by Crippen LogP contribution is -2.53. The van der Waals surface area contributed by atoms with E-state index in [1.165, 1.54) is 0 Å². The molecule has 3 rings (SSSR count). The first-order valence-electron chi connectivity index (χ1n) is 6.09. The highest BCUT2D eigenvalue weighted by Gasteiger charge is 2.44. The quantitative estimate of drug-likeness (QED) is 0.896. The summed E-state index contributed by atoms with van der Waals surface area (Å²) in [5.74, 6) is 0. The fourth-order valence-corrected chi connectivity index (χ4v) is 4.85. The average Bonchev–Trinajstić information content (AvgIpc) is 2.62. The number of sulfonamides is 1. The van der Waals surface area contributed by atoms with Gasteiger partial charge in [-0.05, 0) is 37.1 Å². The number of benzene rings is 1. The van der Waals surface area contributed by atoms with Crippen LogP contribution in [0, 0.1) is 0 Å². The molecular weight excluding hydrogens is 272 g/mol. The van der Waals surface area contributed by atoms with Crippen molar-refractivity contribution >= 4 is 21.6 Å². The van der Waals surface area contributed by atoms with Crippen molar-refractivity contribution in [3.63, 3.8) is 0 Å². The summed E-state index contributed by atoms with van der Waals surface area (Å²) in [6.45, 7) is 1.51. The van der Waals surface area contributed by atoms with Crippen LogP contribution >= 0.6 is 11.6 Å². The summed E-state index contributed by atoms with van der Waals surface area (Å²) in [5, 5.41) is 3.84. The van der Waals surface area contributed by atoms with Crippen LogP contribution in [0.2, 0.25) is 5.02 Å². The minimum Gasteiger partial charge on any atom is -0.314 e. The van der Waals surface area contributed by atoms with Gasteiger partial charge in [-0.1, -0.05) is 11.6 Å². The molecule has 0 aromatic heterocycles. The first-order valence-corrected chi connectivity index (χ1v) is 7.90. The molecule has 6 heteroatoms. The molecule has 1 aromatic rings. The van der Waals surface area contributed by atoms with Gasteiger partial charge in [-0.15, -0.1) is 0 Å². The summed E-state index contributed by atoms with van der Waals surface area (Å²) in [6.07, 6.45) is 1.90. The second-order valence-electron chi connectivity index (χ2n) is 4.83. The molecule has 2 unspecified atom stereocenters. The van der Waals surface area contributed by atoms with E-state index in [1.54, 1.807) is 28.6 Å². The van der Waals surface area contributed by atoms with Gasteiger partial charge in [0, 0.05) is 30.2 Å². The Labute approximate surface area is 112 Å². The van der Waals surface area contributed by atoms with Crippen LogP contribution in [0.25, 0.3) is 0 Å². The van der Waals surface area contributed by atoms with Crippen LogP contribution < -0.4 is 5.32 Å². The Morgan fingerprint density at radius 3 is 2.22 bits per heavy atom. The van der Waals surface area contributed by atoms with E-state index in [4.69, 9.17) is 11.6 Å². The van der Waals surface area contributed by atoms with Gasteiger partial charge in [-0.25, -0.2) is 8.42 Å². The van der Waals surface area contributed by atoms with E-state index in [9.17, 15) is 8.42 Å². The standard InChI is InChI=1S/C12H15ClN2O2S/c13-9-1-5-12(6-2-9)18(16,17)15-10-3-4-11(15)8-14-7-10/h1-2,5-6,10-11,14H,3-4,7-8H2. The first-order chi connectivity index (χ1) is 8.59. The van der Waals surface area contributed by atoms with Crippen molar-refractivity contribution in [3.05, 3.63) is 29.3 Å². The summed E-state index contributed by atoms with van der Waals surface area (Å²) in [6, 6.07) is 6.61. The molecule has 2 fully saturated rings. The van der Waals surface area contributed by atoms with Gasteiger partial charge in [0.1, 0.15) is 0 Å². The number of fused-ring (bicyclic) bond motifs is 2. The summed E-state index contributed by atoms with van der Waals surface area (Å²) < 4.78 is 26.9. The van der Waals surface area contributed by atoms with E-state index >= 15 is 0 Å². The molecule has 2 heterocycles. The smallest absolute Gasteiger partial charge is 0.243 e. The highest BCUT2D eigenvalue weighted by Crippen LogP contribution is 2.32. The van der Waals surface area contributed by atoms with Crippen LogP contribution in [0.15, 0.2) is 29.2 Å². The number of nitrogens with one attached hydrogen (secondary N) is 1. The van der Waals surface area contributed by atoms with Crippen LogP contribution in [-0.2, 0) is 10.0 Å². The molecule has 2 aliphatic rings. The normalized spacial score (nSPS) is 28.5. The molecule has 2 bridgehead atoms. The maximum atomic E-state index is 12.6. The fraction of sp³-hybridized carbons (Fsp3) is 0.500. The maximum Gasteiger partial charge on any atom is 0.243 e. The lowest BCUT2D eigenvalue weighted by Gasteiger charge is -2.34. The van der Waals surface area contributed by atoms with E-state index < -0.39 is 10.0 Å². The second-order valence-corrected chi connectivity index (χ2v) is 7.11. The number of rotatable bonds is 2. The Bertz CT molecular complexity index is 528. The predicted octanol–water partition coefficient (Wildman–Crippen LogP) is 1.46. The van der Waals surface area contributed by atoms with Crippen molar-refractivity contribution in [2.24, 2.45) is 0 Å². The van der Waals surface area contributed by atoms with Crippen LogP contribution in [0.1, 0.15) is 12.8 Å². The summed E-state index contributed by atoms with van der Waals surface area (Å²) in [7, 11) is -3.38. The minimum absolute atomic E-state index is 0.101. The molecule has 2 aliphatic heterocycles. The summed E-state index contributed by atoms with van der Waals surface area (Å²) >= 11 is 5.80. The van der Waals surface area contributed by atoms with Gasteiger partial charge in [0.05, 0.1) is 4.90 Å². The van der Waals surface area contributed by atoms with Gasteiger partial charge in [-0.2, -0.15) is 4.31 Å². The highest BCUT2D eigenvalue weighted by atomic mass is 35.5. The number of nitrogens with zero attached hydrogens (tertiary/aromatic N) is 1. The Hall–Kier alpha value is -0.620. The molecule has 2 atom stereocenters. The number of hydrogen-bond acceptors (Lipinski definition) is 3. The molecule has 18 heavy (non-hydrogen) atoms. The molecule has 1 N–H and O–H groups in total. The molecular formula is C12H15ClN2O2S. The zero-order valence-corrected chi connectivity index (χ0v) is 11.4. The van der Waals surface area contributed by atoms with Crippen LogP contribution in [-0.4, -0.2) is 37.9 Å². The minimum atomic E-state index is -3.38. The van der Waals surface area contributed by atoms with Crippen molar-refractivity contribution in [2.75, 3.05) is 13.1 Å². The Kier molecular flexibility index (Phi) is 3.10. The van der Waals surface area contributed by atoms with Crippen molar-refractivity contribution in [1.82, 2.24) is 9.62 Å². The topological polar surface area (TPSA) is 49.4 Å².